The van der Waals surface area contributed by atoms with Crippen LogP contribution in [0.3, 0.4) is 0 Å². The Morgan fingerprint density at radius 3 is 2.46 bits per heavy atom. The van der Waals surface area contributed by atoms with Crippen molar-refractivity contribution in [3.05, 3.63) is 116 Å². The summed E-state index contributed by atoms with van der Waals surface area (Å²) in [5, 5.41) is 11.9. The van der Waals surface area contributed by atoms with E-state index in [1.165, 1.54) is 18.2 Å². The molecule has 0 fully saturated rings. The molecule has 1 amide bonds. The number of rotatable bonds is 10. The molecule has 4 aromatic rings. The Kier molecular flexibility index (Phi) is 8.08. The van der Waals surface area contributed by atoms with Gasteiger partial charge in [-0.25, -0.2) is 4.98 Å². The zero-order valence-corrected chi connectivity index (χ0v) is 21.0. The van der Waals surface area contributed by atoms with E-state index in [1.807, 2.05) is 56.3 Å². The number of non-ortho nitro benzene ring substituents is 1. The number of carbonyl (C=O) groups excluding carboxylic acids is 1. The largest absolute Gasteiger partial charge is 0.328 e. The average molecular weight is 499 g/mol. The maximum Gasteiger partial charge on any atom is 0.270 e. The summed E-state index contributed by atoms with van der Waals surface area (Å²) >= 11 is 0. The van der Waals surface area contributed by atoms with Gasteiger partial charge in [0.05, 0.1) is 28.4 Å². The lowest BCUT2D eigenvalue weighted by Crippen LogP contribution is -2.39. The first-order chi connectivity index (χ1) is 17.9. The maximum absolute atomic E-state index is 13.8. The number of unbranched alkanes of at least 4 members (excludes halogenated alkanes) is 1. The lowest BCUT2D eigenvalue weighted by atomic mass is 10.1. The number of hydrogen-bond donors (Lipinski definition) is 0. The molecule has 0 radical (unpaired) electrons. The first kappa shape index (κ1) is 25.8. The van der Waals surface area contributed by atoms with Crippen LogP contribution in [0.4, 0.5) is 5.69 Å². The molecule has 37 heavy (non-hydrogen) atoms. The summed E-state index contributed by atoms with van der Waals surface area (Å²) in [7, 11) is 0. The van der Waals surface area contributed by atoms with Crippen LogP contribution in [0.25, 0.3) is 10.9 Å². The molecule has 0 saturated heterocycles. The Labute approximate surface area is 215 Å². The van der Waals surface area contributed by atoms with E-state index in [4.69, 9.17) is 4.98 Å². The SMILES string of the molecule is CCCCN(C(=O)c1cccc([N+](=O)[O-])c1)C(CC)c1nc2ccccc2c(=O)n1Cc1ccccc1. The second-order valence-corrected chi connectivity index (χ2v) is 8.95. The van der Waals surface area contributed by atoms with Gasteiger partial charge in [0.25, 0.3) is 17.2 Å². The molecule has 0 aliphatic rings. The van der Waals surface area contributed by atoms with Crippen molar-refractivity contribution in [2.24, 2.45) is 0 Å². The highest BCUT2D eigenvalue weighted by atomic mass is 16.6. The zero-order chi connectivity index (χ0) is 26.4. The van der Waals surface area contributed by atoms with Crippen LogP contribution in [0.15, 0.2) is 83.7 Å². The molecule has 0 saturated carbocycles. The van der Waals surface area contributed by atoms with Gasteiger partial charge in [-0.1, -0.05) is 68.8 Å². The van der Waals surface area contributed by atoms with Crippen LogP contribution >= 0.6 is 0 Å². The van der Waals surface area contributed by atoms with Crippen LogP contribution in [-0.4, -0.2) is 31.8 Å². The molecule has 190 valence electrons. The van der Waals surface area contributed by atoms with Crippen LogP contribution in [0.5, 0.6) is 0 Å². The fourth-order valence-electron chi connectivity index (χ4n) is 4.55. The van der Waals surface area contributed by atoms with Gasteiger partial charge in [0.1, 0.15) is 5.82 Å². The Morgan fingerprint density at radius 1 is 1.03 bits per heavy atom. The number of amides is 1. The molecule has 4 rings (SSSR count). The lowest BCUT2D eigenvalue weighted by Gasteiger charge is -2.32. The minimum Gasteiger partial charge on any atom is -0.328 e. The summed E-state index contributed by atoms with van der Waals surface area (Å²) in [6.45, 7) is 4.75. The van der Waals surface area contributed by atoms with E-state index in [-0.39, 0.29) is 22.7 Å². The van der Waals surface area contributed by atoms with Gasteiger partial charge in [-0.2, -0.15) is 0 Å². The van der Waals surface area contributed by atoms with E-state index in [0.717, 1.165) is 18.4 Å². The lowest BCUT2D eigenvalue weighted by molar-refractivity contribution is -0.384. The van der Waals surface area contributed by atoms with E-state index in [0.29, 0.717) is 36.2 Å². The van der Waals surface area contributed by atoms with Crippen LogP contribution in [0.2, 0.25) is 0 Å². The predicted octanol–water partition coefficient (Wildman–Crippen LogP) is 5.75. The molecule has 0 aliphatic carbocycles. The summed E-state index contributed by atoms with van der Waals surface area (Å²) < 4.78 is 1.66. The van der Waals surface area contributed by atoms with Gasteiger partial charge in [0, 0.05) is 24.2 Å². The minimum atomic E-state index is -0.507. The van der Waals surface area contributed by atoms with Gasteiger partial charge in [-0.3, -0.25) is 24.3 Å². The molecule has 1 atom stereocenters. The molecule has 1 aromatic heterocycles. The van der Waals surface area contributed by atoms with E-state index in [1.54, 1.807) is 27.7 Å². The Morgan fingerprint density at radius 2 is 1.76 bits per heavy atom. The third kappa shape index (κ3) is 5.58. The fraction of sp³-hybridized carbons (Fsp3) is 0.276. The van der Waals surface area contributed by atoms with Crippen molar-refractivity contribution < 1.29 is 9.72 Å². The number of nitrogens with zero attached hydrogens (tertiary/aromatic N) is 4. The highest BCUT2D eigenvalue weighted by molar-refractivity contribution is 5.95. The topological polar surface area (TPSA) is 98.3 Å². The number of carbonyl (C=O) groups is 1. The standard InChI is InChI=1S/C29H30N4O4/c1-3-5-18-31(28(34)22-14-11-15-23(19-22)33(36)37)26(4-2)27-30-25-17-10-9-16-24(25)29(35)32(27)20-21-12-7-6-8-13-21/h6-17,19,26H,3-5,18,20H2,1-2H3. The molecule has 1 unspecified atom stereocenters. The van der Waals surface area contributed by atoms with Crippen LogP contribution in [-0.2, 0) is 6.54 Å². The summed E-state index contributed by atoms with van der Waals surface area (Å²) in [6, 6.07) is 22.2. The highest BCUT2D eigenvalue weighted by Crippen LogP contribution is 2.27. The summed E-state index contributed by atoms with van der Waals surface area (Å²) in [5.41, 5.74) is 1.45. The van der Waals surface area contributed by atoms with Gasteiger partial charge in [0.15, 0.2) is 0 Å². The molecule has 0 N–H and O–H groups in total. The highest BCUT2D eigenvalue weighted by Gasteiger charge is 2.29. The van der Waals surface area contributed by atoms with Crippen molar-refractivity contribution in [2.45, 2.75) is 45.7 Å². The second-order valence-electron chi connectivity index (χ2n) is 8.95. The summed E-state index contributed by atoms with van der Waals surface area (Å²) in [6.07, 6.45) is 2.12. The van der Waals surface area contributed by atoms with Gasteiger partial charge in [-0.05, 0) is 36.6 Å². The first-order valence-electron chi connectivity index (χ1n) is 12.5. The maximum atomic E-state index is 13.8. The quantitative estimate of drug-likeness (QED) is 0.205. The van der Waals surface area contributed by atoms with Gasteiger partial charge in [-0.15, -0.1) is 0 Å². The molecule has 0 spiro atoms. The molecular weight excluding hydrogens is 468 g/mol. The van der Waals surface area contributed by atoms with Gasteiger partial charge < -0.3 is 4.90 Å². The number of aromatic nitrogens is 2. The van der Waals surface area contributed by atoms with Crippen molar-refractivity contribution in [1.82, 2.24) is 14.5 Å². The molecular formula is C29H30N4O4. The molecule has 3 aromatic carbocycles. The normalized spacial score (nSPS) is 11.8. The summed E-state index contributed by atoms with van der Waals surface area (Å²) in [5.74, 6) is 0.183. The van der Waals surface area contributed by atoms with Crippen molar-refractivity contribution in [3.8, 4) is 0 Å². The van der Waals surface area contributed by atoms with Crippen molar-refractivity contribution in [2.75, 3.05) is 6.54 Å². The summed E-state index contributed by atoms with van der Waals surface area (Å²) in [4.78, 5) is 45.0. The third-order valence-electron chi connectivity index (χ3n) is 6.45. The van der Waals surface area contributed by atoms with Crippen LogP contribution in [0, 0.1) is 10.1 Å². The Bertz CT molecular complexity index is 1470. The number of fused-ring (bicyclic) bond motifs is 1. The van der Waals surface area contributed by atoms with E-state index in [2.05, 4.69) is 0 Å². The smallest absolute Gasteiger partial charge is 0.270 e. The Hall–Kier alpha value is -4.33. The number of nitro benzene ring substituents is 1. The number of hydrogen-bond acceptors (Lipinski definition) is 5. The van der Waals surface area contributed by atoms with Crippen LogP contribution in [0.1, 0.15) is 60.9 Å². The predicted molar refractivity (Wildman–Crippen MR) is 144 cm³/mol. The zero-order valence-electron chi connectivity index (χ0n) is 21.0. The fourth-order valence-corrected chi connectivity index (χ4v) is 4.55. The van der Waals surface area contributed by atoms with Gasteiger partial charge in [0.2, 0.25) is 0 Å². The minimum absolute atomic E-state index is 0.140. The van der Waals surface area contributed by atoms with Crippen molar-refractivity contribution in [1.29, 1.82) is 0 Å². The second kappa shape index (κ2) is 11.6. The molecule has 0 aliphatic heterocycles. The number of benzene rings is 3. The monoisotopic (exact) mass is 498 g/mol. The molecule has 1 heterocycles. The average Bonchev–Trinajstić information content (AvgIpc) is 2.93. The van der Waals surface area contributed by atoms with Crippen molar-refractivity contribution >= 4 is 22.5 Å². The number of para-hydroxylation sites is 1. The third-order valence-corrected chi connectivity index (χ3v) is 6.45. The van der Waals surface area contributed by atoms with E-state index >= 15 is 0 Å². The van der Waals surface area contributed by atoms with E-state index in [9.17, 15) is 19.7 Å². The van der Waals surface area contributed by atoms with Gasteiger partial charge >= 0.3 is 0 Å². The molecule has 8 nitrogen and oxygen atoms in total. The molecule has 8 heteroatoms. The number of nitro groups is 1. The molecule has 0 bridgehead atoms. The Balaban J connectivity index is 1.87. The van der Waals surface area contributed by atoms with E-state index < -0.39 is 11.0 Å². The van der Waals surface area contributed by atoms with Crippen molar-refractivity contribution in [3.63, 3.8) is 0 Å². The first-order valence-corrected chi connectivity index (χ1v) is 12.5. The van der Waals surface area contributed by atoms with Crippen LogP contribution < -0.4 is 5.56 Å².